The Balaban J connectivity index is 2.29. The van der Waals surface area contributed by atoms with Gasteiger partial charge in [-0.15, -0.1) is 0 Å². The van der Waals surface area contributed by atoms with Crippen LogP contribution in [0.3, 0.4) is 0 Å². The summed E-state index contributed by atoms with van der Waals surface area (Å²) in [7, 11) is 3.49. The van der Waals surface area contributed by atoms with Crippen LogP contribution in [-0.2, 0) is 61.7 Å². The number of alkyl halides is 3. The Bertz CT molecular complexity index is 1610. The standard InChI is InChI=1S/C34H45B2F3N3O14P/c1-7-9-15-47-22(8-2)25-29(56-35-36-57)28(53-31(46)21-13-11-10-12-14-21)30(33(54-25)49-17(3)34(37,38)39)55-32-24(41-42-40)27(51-20(6)45)26(50-19(5)44)23(52-32)16-48-18(4)43/h10-14,22-30,32-33H,3,7-9,15-16,57H2,1-2,4-6H3/t22-,23+,24?,25?,26+,27?,28?,29+,30+,32+,33+/m0/s1. The molecule has 0 saturated carbocycles. The topological polar surface area (TPSA) is 209 Å². The summed E-state index contributed by atoms with van der Waals surface area (Å²) in [5.41, 5.74) is 9.68. The molecular formula is C34H45B2F3N3O14P. The van der Waals surface area contributed by atoms with E-state index < -0.39 is 110 Å². The monoisotopic (exact) mass is 829 g/mol. The number of unbranched alkanes of at least 4 members (excludes halogenated alkanes) is 1. The maximum absolute atomic E-state index is 14.1. The SMILES string of the molecule is C=C(O[C@@H]1OC([C@H](CC)OCCCC)[C@@H](OB=BP)C(OC(=O)c2ccccc2)[C@H]1O[C@H]1O[C@H](COC(C)=O)[C@@H](OC(C)=O)C(OC(C)=O)C1N=[N+]=[N-])C(F)(F)F. The Hall–Kier alpha value is -4.06. The van der Waals surface area contributed by atoms with E-state index in [0.29, 0.717) is 6.42 Å². The molecule has 1 aromatic rings. The van der Waals surface area contributed by atoms with Crippen LogP contribution in [0.5, 0.6) is 0 Å². The number of carbonyl (C=O) groups is 4. The van der Waals surface area contributed by atoms with E-state index >= 15 is 0 Å². The van der Waals surface area contributed by atoms with Gasteiger partial charge in [-0.2, -0.15) is 0 Å². The predicted molar refractivity (Wildman–Crippen MR) is 196 cm³/mol. The molecule has 3 rings (SSSR count). The first-order valence-corrected chi connectivity index (χ1v) is 18.5. The van der Waals surface area contributed by atoms with Crippen LogP contribution in [0, 0.1) is 0 Å². The fraction of sp³-hybridized carbons (Fsp3) is 0.647. The fourth-order valence-electron chi connectivity index (χ4n) is 5.93. The van der Waals surface area contributed by atoms with Gasteiger partial charge in [0.2, 0.25) is 0 Å². The molecule has 0 amide bonds. The molecule has 0 aliphatic carbocycles. The first kappa shape index (κ1) is 47.3. The molecule has 2 heterocycles. The van der Waals surface area contributed by atoms with Gasteiger partial charge >= 0.3 is 331 Å². The van der Waals surface area contributed by atoms with Gasteiger partial charge in [0, 0.05) is 0 Å². The third-order valence-corrected chi connectivity index (χ3v) is 8.57. The summed E-state index contributed by atoms with van der Waals surface area (Å²) < 4.78 is 100. The van der Waals surface area contributed by atoms with Gasteiger partial charge < -0.3 is 0 Å². The van der Waals surface area contributed by atoms with Crippen molar-refractivity contribution in [2.45, 2.75) is 128 Å². The number of nitrogens with zero attached hydrogens (tertiary/aromatic N) is 3. The number of esters is 4. The van der Waals surface area contributed by atoms with Crippen LogP contribution < -0.4 is 0 Å². The number of azide groups is 1. The molecular weight excluding hydrogens is 784 g/mol. The summed E-state index contributed by atoms with van der Waals surface area (Å²) in [5, 5.41) is 3.68. The van der Waals surface area contributed by atoms with E-state index in [1.807, 2.05) is 6.92 Å². The molecule has 17 nitrogen and oxygen atoms in total. The van der Waals surface area contributed by atoms with Gasteiger partial charge in [0.25, 0.3) is 0 Å². The molecule has 312 valence electrons. The number of benzene rings is 1. The van der Waals surface area contributed by atoms with Gasteiger partial charge in [0.05, 0.1) is 0 Å². The first-order chi connectivity index (χ1) is 27.1. The van der Waals surface area contributed by atoms with Gasteiger partial charge in [-0.1, -0.05) is 0 Å². The van der Waals surface area contributed by atoms with Crippen molar-refractivity contribution in [1.82, 2.24) is 0 Å². The zero-order valence-electron chi connectivity index (χ0n) is 31.9. The van der Waals surface area contributed by atoms with E-state index in [1.54, 1.807) is 25.1 Å². The normalized spacial score (nSPS) is 27.7. The number of carbonyl (C=O) groups excluding carboxylic acids is 4. The zero-order valence-corrected chi connectivity index (χ0v) is 33.1. The van der Waals surface area contributed by atoms with Gasteiger partial charge in [-0.05, 0) is 0 Å². The zero-order chi connectivity index (χ0) is 42.3. The van der Waals surface area contributed by atoms with Crippen molar-refractivity contribution in [3.8, 4) is 0 Å². The third kappa shape index (κ3) is 13.8. The number of hydrogen-bond donors (Lipinski definition) is 0. The van der Waals surface area contributed by atoms with Gasteiger partial charge in [-0.25, -0.2) is 0 Å². The van der Waals surface area contributed by atoms with Crippen LogP contribution in [0.1, 0.15) is 64.2 Å². The van der Waals surface area contributed by atoms with Crippen molar-refractivity contribution in [2.24, 2.45) is 5.11 Å². The van der Waals surface area contributed by atoms with Crippen LogP contribution in [-0.4, -0.2) is 124 Å². The van der Waals surface area contributed by atoms with E-state index in [1.165, 1.54) is 25.7 Å². The van der Waals surface area contributed by atoms with E-state index in [2.05, 4.69) is 25.7 Å². The van der Waals surface area contributed by atoms with Gasteiger partial charge in [-0.3, -0.25) is 0 Å². The number of hydrogen-bond acceptors (Lipinski definition) is 15. The third-order valence-electron chi connectivity index (χ3n) is 8.42. The Labute approximate surface area is 330 Å². The van der Waals surface area contributed by atoms with Crippen molar-refractivity contribution >= 4 is 46.5 Å². The van der Waals surface area contributed by atoms with Crippen LogP contribution >= 0.6 is 9.12 Å². The van der Waals surface area contributed by atoms with Gasteiger partial charge in [0.15, 0.2) is 0 Å². The number of ether oxygens (including phenoxy) is 9. The second-order valence-corrected chi connectivity index (χ2v) is 13.0. The number of allylic oxidation sites excluding steroid dienone is 1. The van der Waals surface area contributed by atoms with Crippen molar-refractivity contribution in [3.63, 3.8) is 0 Å². The summed E-state index contributed by atoms with van der Waals surface area (Å²) in [6.07, 6.45) is -19.7. The molecule has 12 atom stereocenters. The molecule has 2 aliphatic heterocycles. The van der Waals surface area contributed by atoms with Crippen LogP contribution in [0.15, 0.2) is 47.8 Å². The molecule has 1 aromatic carbocycles. The van der Waals surface area contributed by atoms with Crippen LogP contribution in [0.25, 0.3) is 10.4 Å². The molecule has 0 N–H and O–H groups in total. The Morgan fingerprint density at radius 1 is 0.930 bits per heavy atom. The molecule has 2 saturated heterocycles. The fourth-order valence-corrected chi connectivity index (χ4v) is 6.02. The molecule has 2 fully saturated rings. The van der Waals surface area contributed by atoms with E-state index in [-0.39, 0.29) is 18.6 Å². The summed E-state index contributed by atoms with van der Waals surface area (Å²) in [6.45, 7) is 10.8. The Morgan fingerprint density at radius 3 is 2.16 bits per heavy atom. The minimum atomic E-state index is -5.13. The summed E-state index contributed by atoms with van der Waals surface area (Å²) >= 11 is 0. The maximum atomic E-state index is 14.1. The summed E-state index contributed by atoms with van der Waals surface area (Å²) in [5.74, 6) is -5.35. The van der Waals surface area contributed by atoms with E-state index in [4.69, 9.17) is 47.3 Å². The van der Waals surface area contributed by atoms with E-state index in [9.17, 15) is 37.9 Å². The van der Waals surface area contributed by atoms with E-state index in [0.717, 1.165) is 27.2 Å². The quantitative estimate of drug-likeness (QED) is 0.0220. The average Bonchev–Trinajstić information content (AvgIpc) is 3.15. The number of rotatable bonds is 19. The summed E-state index contributed by atoms with van der Waals surface area (Å²) in [4.78, 5) is 53.1. The molecule has 57 heavy (non-hydrogen) atoms. The molecule has 0 spiro atoms. The van der Waals surface area contributed by atoms with Crippen molar-refractivity contribution in [1.29, 1.82) is 0 Å². The second kappa shape index (κ2) is 22.8. The van der Waals surface area contributed by atoms with Gasteiger partial charge in [0.1, 0.15) is 0 Å². The molecule has 5 unspecified atom stereocenters. The van der Waals surface area contributed by atoms with Crippen molar-refractivity contribution in [3.05, 3.63) is 58.7 Å². The second-order valence-electron chi connectivity index (χ2n) is 12.6. The molecule has 0 bridgehead atoms. The summed E-state index contributed by atoms with van der Waals surface area (Å²) in [6, 6.07) is 5.83. The molecule has 0 aromatic heterocycles. The predicted octanol–water partition coefficient (Wildman–Crippen LogP) is 4.25. The van der Waals surface area contributed by atoms with Crippen molar-refractivity contribution in [2.75, 3.05) is 13.2 Å². The number of halogens is 3. The first-order valence-electron chi connectivity index (χ1n) is 17.9. The van der Waals surface area contributed by atoms with Crippen molar-refractivity contribution < 1.29 is 79.6 Å². The molecule has 2 aliphatic rings. The molecule has 23 heteroatoms. The molecule has 0 radical (unpaired) electrons. The van der Waals surface area contributed by atoms with Crippen LogP contribution in [0.2, 0.25) is 0 Å². The Kier molecular flexibility index (Phi) is 18.9. The Morgan fingerprint density at radius 2 is 1.60 bits per heavy atom. The van der Waals surface area contributed by atoms with Crippen LogP contribution in [0.4, 0.5) is 13.2 Å². The average molecular weight is 829 g/mol. The minimum absolute atomic E-state index is 0.0319.